The highest BCUT2D eigenvalue weighted by atomic mass is 16.1. The zero-order chi connectivity index (χ0) is 9.73. The lowest BCUT2D eigenvalue weighted by molar-refractivity contribution is -0.121. The lowest BCUT2D eigenvalue weighted by Gasteiger charge is -2.08. The van der Waals surface area contributed by atoms with Gasteiger partial charge < -0.3 is 5.32 Å². The van der Waals surface area contributed by atoms with E-state index in [4.69, 9.17) is 5.26 Å². The van der Waals surface area contributed by atoms with Crippen LogP contribution in [-0.2, 0) is 4.79 Å². The maximum Gasteiger partial charge on any atom is 0.221 e. The summed E-state index contributed by atoms with van der Waals surface area (Å²) in [6.45, 7) is 2.11. The number of nitrogens with zero attached hydrogens (tertiary/aromatic N) is 1. The molecule has 0 aromatic heterocycles. The minimum Gasteiger partial charge on any atom is -0.338 e. The lowest BCUT2D eigenvalue weighted by atomic mass is 10.2. The fraction of sp³-hybridized carbons (Fsp3) is 0.800. The fourth-order valence-corrected chi connectivity index (χ4v) is 1.25. The molecule has 3 heteroatoms. The van der Waals surface area contributed by atoms with Crippen molar-refractivity contribution in [1.82, 2.24) is 5.32 Å². The van der Waals surface area contributed by atoms with Crippen molar-refractivity contribution in [1.29, 1.82) is 5.26 Å². The van der Waals surface area contributed by atoms with E-state index in [-0.39, 0.29) is 5.91 Å². The Morgan fingerprint density at radius 1 is 1.54 bits per heavy atom. The Kier molecular flexibility index (Phi) is 3.30. The van der Waals surface area contributed by atoms with Crippen LogP contribution >= 0.6 is 0 Å². The van der Waals surface area contributed by atoms with Crippen molar-refractivity contribution in [3.8, 4) is 6.07 Å². The Hall–Kier alpha value is -1.04. The molecule has 3 nitrogen and oxygen atoms in total. The molecule has 0 aliphatic heterocycles. The molecule has 0 spiro atoms. The van der Waals surface area contributed by atoms with Crippen LogP contribution in [0.25, 0.3) is 0 Å². The van der Waals surface area contributed by atoms with Crippen LogP contribution in [0.1, 0.15) is 45.4 Å². The van der Waals surface area contributed by atoms with E-state index in [0.717, 1.165) is 32.1 Å². The van der Waals surface area contributed by atoms with Gasteiger partial charge in [-0.2, -0.15) is 5.26 Å². The van der Waals surface area contributed by atoms with Gasteiger partial charge in [0, 0.05) is 6.42 Å². The van der Waals surface area contributed by atoms with E-state index in [0.29, 0.717) is 6.42 Å². The molecule has 1 amide bonds. The summed E-state index contributed by atoms with van der Waals surface area (Å²) in [4.78, 5) is 11.3. The molecule has 1 aliphatic rings. The SMILES string of the molecule is CCCCCC(=O)NC1(C#N)CC1. The van der Waals surface area contributed by atoms with Gasteiger partial charge in [-0.1, -0.05) is 19.8 Å². The van der Waals surface area contributed by atoms with Gasteiger partial charge in [0.25, 0.3) is 0 Å². The van der Waals surface area contributed by atoms with Crippen molar-refractivity contribution in [2.24, 2.45) is 0 Å². The number of amides is 1. The minimum absolute atomic E-state index is 0.0347. The normalized spacial score (nSPS) is 17.5. The Labute approximate surface area is 79.1 Å². The number of unbranched alkanes of at least 4 members (excludes halogenated alkanes) is 2. The summed E-state index contributed by atoms with van der Waals surface area (Å²) in [7, 11) is 0. The monoisotopic (exact) mass is 180 g/mol. The predicted octanol–water partition coefficient (Wildman–Crippen LogP) is 1.74. The van der Waals surface area contributed by atoms with E-state index in [1.165, 1.54) is 0 Å². The van der Waals surface area contributed by atoms with Crippen molar-refractivity contribution in [2.45, 2.75) is 51.0 Å². The summed E-state index contributed by atoms with van der Waals surface area (Å²) in [5, 5.41) is 11.5. The molecule has 72 valence electrons. The molecule has 0 aromatic rings. The summed E-state index contributed by atoms with van der Waals surface area (Å²) in [6, 6.07) is 2.14. The first-order valence-corrected chi connectivity index (χ1v) is 4.95. The van der Waals surface area contributed by atoms with E-state index in [2.05, 4.69) is 18.3 Å². The minimum atomic E-state index is -0.483. The van der Waals surface area contributed by atoms with Crippen LogP contribution < -0.4 is 5.32 Å². The summed E-state index contributed by atoms with van der Waals surface area (Å²) in [5.41, 5.74) is -0.483. The standard InChI is InChI=1S/C10H16N2O/c1-2-3-4-5-9(13)12-10(8-11)6-7-10/h2-7H2,1H3,(H,12,13). The number of carbonyl (C=O) groups is 1. The first kappa shape index (κ1) is 10.0. The predicted molar refractivity (Wildman–Crippen MR) is 49.9 cm³/mol. The number of hydrogen-bond acceptors (Lipinski definition) is 2. The van der Waals surface area contributed by atoms with Gasteiger partial charge in [-0.05, 0) is 19.3 Å². The zero-order valence-corrected chi connectivity index (χ0v) is 8.10. The average molecular weight is 180 g/mol. The van der Waals surface area contributed by atoms with E-state index in [1.807, 2.05) is 0 Å². The molecule has 1 saturated carbocycles. The molecule has 0 saturated heterocycles. The Balaban J connectivity index is 2.15. The van der Waals surface area contributed by atoms with Crippen molar-refractivity contribution in [3.05, 3.63) is 0 Å². The molecule has 1 N–H and O–H groups in total. The molecule has 0 bridgehead atoms. The second kappa shape index (κ2) is 4.27. The third-order valence-electron chi connectivity index (χ3n) is 2.35. The van der Waals surface area contributed by atoms with Crippen LogP contribution in [0.5, 0.6) is 0 Å². The highest BCUT2D eigenvalue weighted by Crippen LogP contribution is 2.34. The molecule has 0 radical (unpaired) electrons. The Morgan fingerprint density at radius 2 is 2.23 bits per heavy atom. The zero-order valence-electron chi connectivity index (χ0n) is 8.10. The van der Waals surface area contributed by atoms with Gasteiger partial charge in [0.15, 0.2) is 0 Å². The Morgan fingerprint density at radius 3 is 2.69 bits per heavy atom. The third-order valence-corrected chi connectivity index (χ3v) is 2.35. The quantitative estimate of drug-likeness (QED) is 0.655. The maximum atomic E-state index is 11.3. The molecule has 0 heterocycles. The van der Waals surface area contributed by atoms with Crippen molar-refractivity contribution in [3.63, 3.8) is 0 Å². The van der Waals surface area contributed by atoms with Gasteiger partial charge in [-0.15, -0.1) is 0 Å². The topological polar surface area (TPSA) is 52.9 Å². The van der Waals surface area contributed by atoms with Crippen LogP contribution in [0.2, 0.25) is 0 Å². The van der Waals surface area contributed by atoms with Crippen molar-refractivity contribution < 1.29 is 4.79 Å². The summed E-state index contributed by atoms with van der Waals surface area (Å²) in [5.74, 6) is 0.0347. The molecule has 13 heavy (non-hydrogen) atoms. The van der Waals surface area contributed by atoms with Crippen LogP contribution in [0, 0.1) is 11.3 Å². The molecule has 1 aliphatic carbocycles. The fourth-order valence-electron chi connectivity index (χ4n) is 1.25. The molecular weight excluding hydrogens is 164 g/mol. The molecule has 0 unspecified atom stereocenters. The largest absolute Gasteiger partial charge is 0.338 e. The second-order valence-electron chi connectivity index (χ2n) is 3.70. The number of rotatable bonds is 5. The first-order chi connectivity index (χ1) is 6.22. The van der Waals surface area contributed by atoms with Crippen LogP contribution in [0.3, 0.4) is 0 Å². The van der Waals surface area contributed by atoms with Crippen LogP contribution in [0.15, 0.2) is 0 Å². The van der Waals surface area contributed by atoms with Crippen LogP contribution in [-0.4, -0.2) is 11.4 Å². The number of nitriles is 1. The summed E-state index contributed by atoms with van der Waals surface area (Å²) < 4.78 is 0. The van der Waals surface area contributed by atoms with Gasteiger partial charge in [-0.3, -0.25) is 4.79 Å². The highest BCUT2D eigenvalue weighted by Gasteiger charge is 2.44. The highest BCUT2D eigenvalue weighted by molar-refractivity contribution is 5.77. The maximum absolute atomic E-state index is 11.3. The number of nitrogens with one attached hydrogen (secondary N) is 1. The van der Waals surface area contributed by atoms with Gasteiger partial charge in [-0.25, -0.2) is 0 Å². The molecule has 0 aromatic carbocycles. The van der Waals surface area contributed by atoms with Gasteiger partial charge in [0.2, 0.25) is 5.91 Å². The van der Waals surface area contributed by atoms with Crippen molar-refractivity contribution >= 4 is 5.91 Å². The third kappa shape index (κ3) is 3.06. The lowest BCUT2D eigenvalue weighted by Crippen LogP contribution is -2.35. The molecule has 0 atom stereocenters. The summed E-state index contributed by atoms with van der Waals surface area (Å²) in [6.07, 6.45) is 5.36. The van der Waals surface area contributed by atoms with Gasteiger partial charge in [0.05, 0.1) is 6.07 Å². The Bertz CT molecular complexity index is 226. The van der Waals surface area contributed by atoms with Gasteiger partial charge >= 0.3 is 0 Å². The van der Waals surface area contributed by atoms with Crippen molar-refractivity contribution in [2.75, 3.05) is 0 Å². The summed E-state index contributed by atoms with van der Waals surface area (Å²) >= 11 is 0. The molecule has 1 rings (SSSR count). The van der Waals surface area contributed by atoms with Gasteiger partial charge in [0.1, 0.15) is 5.54 Å². The molecule has 1 fully saturated rings. The van der Waals surface area contributed by atoms with Crippen LogP contribution in [0.4, 0.5) is 0 Å². The average Bonchev–Trinajstić information content (AvgIpc) is 2.86. The van der Waals surface area contributed by atoms with E-state index in [9.17, 15) is 4.79 Å². The van der Waals surface area contributed by atoms with E-state index < -0.39 is 5.54 Å². The number of hydrogen-bond donors (Lipinski definition) is 1. The molecular formula is C10H16N2O. The number of carbonyl (C=O) groups excluding carboxylic acids is 1. The smallest absolute Gasteiger partial charge is 0.221 e. The van der Waals surface area contributed by atoms with E-state index >= 15 is 0 Å². The van der Waals surface area contributed by atoms with E-state index in [1.54, 1.807) is 0 Å². The second-order valence-corrected chi connectivity index (χ2v) is 3.70. The first-order valence-electron chi connectivity index (χ1n) is 4.95.